The van der Waals surface area contributed by atoms with E-state index in [0.717, 1.165) is 17.2 Å². The molecule has 0 radical (unpaired) electrons. The van der Waals surface area contributed by atoms with Crippen LogP contribution in [0.15, 0.2) is 36.5 Å². The van der Waals surface area contributed by atoms with Crippen molar-refractivity contribution in [3.05, 3.63) is 59.0 Å². The lowest BCUT2D eigenvalue weighted by atomic mass is 10.1. The standard InChI is InChI=1S/C14H13FN2O3/c15-12-11(14(19)20)5-6-16-13(12)17-7-9-1-3-10(8-18)4-2-9/h1-6,18H,7-8H2,(H,16,17)(H,19,20). The van der Waals surface area contributed by atoms with Crippen molar-refractivity contribution in [1.82, 2.24) is 4.98 Å². The number of nitrogens with zero attached hydrogens (tertiary/aromatic N) is 1. The molecule has 0 aliphatic carbocycles. The van der Waals surface area contributed by atoms with Crippen molar-refractivity contribution in [3.8, 4) is 0 Å². The number of halogens is 1. The largest absolute Gasteiger partial charge is 0.478 e. The second kappa shape index (κ2) is 6.12. The highest BCUT2D eigenvalue weighted by Crippen LogP contribution is 2.16. The van der Waals surface area contributed by atoms with E-state index in [1.807, 2.05) is 0 Å². The molecule has 5 nitrogen and oxygen atoms in total. The van der Waals surface area contributed by atoms with E-state index in [4.69, 9.17) is 10.2 Å². The van der Waals surface area contributed by atoms with E-state index in [0.29, 0.717) is 6.54 Å². The number of carboxylic acids is 1. The number of carbonyl (C=O) groups is 1. The highest BCUT2D eigenvalue weighted by Gasteiger charge is 2.14. The minimum absolute atomic E-state index is 0.0372. The molecule has 1 aromatic carbocycles. The first kappa shape index (κ1) is 14.0. The first-order chi connectivity index (χ1) is 9.61. The van der Waals surface area contributed by atoms with Crippen molar-refractivity contribution in [3.63, 3.8) is 0 Å². The molecule has 2 rings (SSSR count). The maximum Gasteiger partial charge on any atom is 0.338 e. The summed E-state index contributed by atoms with van der Waals surface area (Å²) in [6, 6.07) is 8.21. The number of carboxylic acid groups (broad SMARTS) is 1. The minimum Gasteiger partial charge on any atom is -0.478 e. The summed E-state index contributed by atoms with van der Waals surface area (Å²) >= 11 is 0. The quantitative estimate of drug-likeness (QED) is 0.778. The number of hydrogen-bond donors (Lipinski definition) is 3. The number of anilines is 1. The number of aromatic nitrogens is 1. The Labute approximate surface area is 114 Å². The number of aromatic carboxylic acids is 1. The molecule has 1 aromatic heterocycles. The van der Waals surface area contributed by atoms with Crippen molar-refractivity contribution in [2.75, 3.05) is 5.32 Å². The van der Waals surface area contributed by atoms with Crippen LogP contribution >= 0.6 is 0 Å². The topological polar surface area (TPSA) is 82.5 Å². The zero-order chi connectivity index (χ0) is 14.5. The lowest BCUT2D eigenvalue weighted by Gasteiger charge is -2.08. The third-order valence-electron chi connectivity index (χ3n) is 2.79. The fourth-order valence-electron chi connectivity index (χ4n) is 1.68. The Morgan fingerprint density at radius 2 is 1.85 bits per heavy atom. The van der Waals surface area contributed by atoms with Gasteiger partial charge in [0, 0.05) is 12.7 Å². The normalized spacial score (nSPS) is 10.3. The third-order valence-corrected chi connectivity index (χ3v) is 2.79. The zero-order valence-corrected chi connectivity index (χ0v) is 10.5. The predicted octanol–water partition coefficient (Wildman–Crippen LogP) is 2.02. The van der Waals surface area contributed by atoms with Gasteiger partial charge in [-0.1, -0.05) is 24.3 Å². The highest BCUT2D eigenvalue weighted by atomic mass is 19.1. The molecule has 1 heterocycles. The van der Waals surface area contributed by atoms with E-state index >= 15 is 0 Å². The van der Waals surface area contributed by atoms with Crippen LogP contribution < -0.4 is 5.32 Å². The second-order valence-electron chi connectivity index (χ2n) is 4.15. The molecule has 0 unspecified atom stereocenters. The van der Waals surface area contributed by atoms with E-state index in [-0.39, 0.29) is 12.4 Å². The fraction of sp³-hybridized carbons (Fsp3) is 0.143. The molecule has 0 aliphatic heterocycles. The van der Waals surface area contributed by atoms with Gasteiger partial charge in [-0.15, -0.1) is 0 Å². The average Bonchev–Trinajstić information content (AvgIpc) is 2.46. The van der Waals surface area contributed by atoms with E-state index < -0.39 is 17.3 Å². The van der Waals surface area contributed by atoms with Crippen LogP contribution in [0.2, 0.25) is 0 Å². The van der Waals surface area contributed by atoms with Gasteiger partial charge in [-0.3, -0.25) is 0 Å². The van der Waals surface area contributed by atoms with Crippen molar-refractivity contribution in [2.24, 2.45) is 0 Å². The number of rotatable bonds is 5. The van der Waals surface area contributed by atoms with E-state index in [2.05, 4.69) is 10.3 Å². The summed E-state index contributed by atoms with van der Waals surface area (Å²) in [6.07, 6.45) is 1.24. The summed E-state index contributed by atoms with van der Waals surface area (Å²) < 4.78 is 13.8. The van der Waals surface area contributed by atoms with Gasteiger partial charge in [-0.05, 0) is 17.2 Å². The lowest BCUT2D eigenvalue weighted by Crippen LogP contribution is -2.08. The molecule has 104 valence electrons. The molecular formula is C14H13FN2O3. The van der Waals surface area contributed by atoms with Crippen LogP contribution in [0.5, 0.6) is 0 Å². The van der Waals surface area contributed by atoms with Gasteiger partial charge in [-0.25, -0.2) is 14.2 Å². The minimum atomic E-state index is -1.33. The van der Waals surface area contributed by atoms with Crippen LogP contribution in [0.1, 0.15) is 21.5 Å². The molecule has 0 aliphatic rings. The van der Waals surface area contributed by atoms with Crippen molar-refractivity contribution in [1.29, 1.82) is 0 Å². The van der Waals surface area contributed by atoms with Gasteiger partial charge >= 0.3 is 5.97 Å². The highest BCUT2D eigenvalue weighted by molar-refractivity contribution is 5.88. The molecule has 0 saturated carbocycles. The predicted molar refractivity (Wildman–Crippen MR) is 70.8 cm³/mol. The van der Waals surface area contributed by atoms with E-state index in [9.17, 15) is 9.18 Å². The van der Waals surface area contributed by atoms with Gasteiger partial charge < -0.3 is 15.5 Å². The lowest BCUT2D eigenvalue weighted by molar-refractivity contribution is 0.0692. The van der Waals surface area contributed by atoms with Gasteiger partial charge in [0.25, 0.3) is 0 Å². The van der Waals surface area contributed by atoms with Gasteiger partial charge in [0.05, 0.1) is 6.61 Å². The molecule has 0 spiro atoms. The molecule has 0 atom stereocenters. The number of pyridine rings is 1. The van der Waals surface area contributed by atoms with Crippen LogP contribution in [0, 0.1) is 5.82 Å². The summed E-state index contributed by atoms with van der Waals surface area (Å²) in [5.41, 5.74) is 1.23. The molecule has 0 amide bonds. The molecule has 0 bridgehead atoms. The monoisotopic (exact) mass is 276 g/mol. The smallest absolute Gasteiger partial charge is 0.338 e. The Hall–Kier alpha value is -2.47. The fourth-order valence-corrected chi connectivity index (χ4v) is 1.68. The van der Waals surface area contributed by atoms with Gasteiger partial charge in [-0.2, -0.15) is 0 Å². The maximum atomic E-state index is 13.8. The van der Waals surface area contributed by atoms with Gasteiger partial charge in [0.1, 0.15) is 5.56 Å². The molecule has 3 N–H and O–H groups in total. The average molecular weight is 276 g/mol. The van der Waals surface area contributed by atoms with Crippen molar-refractivity contribution >= 4 is 11.8 Å². The van der Waals surface area contributed by atoms with Crippen LogP contribution in [0.25, 0.3) is 0 Å². The van der Waals surface area contributed by atoms with Crippen molar-refractivity contribution < 1.29 is 19.4 Å². The summed E-state index contributed by atoms with van der Waals surface area (Å²) in [7, 11) is 0. The number of nitrogens with one attached hydrogen (secondary N) is 1. The molecule has 6 heteroatoms. The van der Waals surface area contributed by atoms with Crippen LogP contribution in [-0.4, -0.2) is 21.2 Å². The Bertz CT molecular complexity index is 614. The molecule has 0 fully saturated rings. The van der Waals surface area contributed by atoms with E-state index in [1.165, 1.54) is 6.20 Å². The van der Waals surface area contributed by atoms with E-state index in [1.54, 1.807) is 24.3 Å². The molecule has 20 heavy (non-hydrogen) atoms. The van der Waals surface area contributed by atoms with Gasteiger partial charge in [0.15, 0.2) is 11.6 Å². The first-order valence-corrected chi connectivity index (χ1v) is 5.92. The summed E-state index contributed by atoms with van der Waals surface area (Å²) in [6.45, 7) is 0.267. The molecule has 0 saturated heterocycles. The Morgan fingerprint density at radius 1 is 1.20 bits per heavy atom. The third kappa shape index (κ3) is 3.10. The van der Waals surface area contributed by atoms with Crippen molar-refractivity contribution in [2.45, 2.75) is 13.2 Å². The number of hydrogen-bond acceptors (Lipinski definition) is 4. The van der Waals surface area contributed by atoms with Crippen LogP contribution in [0.4, 0.5) is 10.2 Å². The second-order valence-corrected chi connectivity index (χ2v) is 4.15. The summed E-state index contributed by atoms with van der Waals surface area (Å²) in [5, 5.41) is 20.5. The summed E-state index contributed by atoms with van der Waals surface area (Å²) in [5.74, 6) is -2.32. The Morgan fingerprint density at radius 3 is 2.45 bits per heavy atom. The maximum absolute atomic E-state index is 13.8. The first-order valence-electron chi connectivity index (χ1n) is 5.92. The van der Waals surface area contributed by atoms with Gasteiger partial charge in [0.2, 0.25) is 0 Å². The number of aliphatic hydroxyl groups is 1. The molecular weight excluding hydrogens is 263 g/mol. The summed E-state index contributed by atoms with van der Waals surface area (Å²) in [4.78, 5) is 14.6. The Kier molecular flexibility index (Phi) is 4.27. The number of benzene rings is 1. The zero-order valence-electron chi connectivity index (χ0n) is 10.5. The molecule has 2 aromatic rings. The Balaban J connectivity index is 2.10. The SMILES string of the molecule is O=C(O)c1ccnc(NCc2ccc(CO)cc2)c1F. The van der Waals surface area contributed by atoms with Crippen LogP contribution in [0.3, 0.4) is 0 Å². The van der Waals surface area contributed by atoms with Crippen LogP contribution in [-0.2, 0) is 13.2 Å². The number of aliphatic hydroxyl groups excluding tert-OH is 1.